The summed E-state index contributed by atoms with van der Waals surface area (Å²) in [5.41, 5.74) is 1.73. The number of carbonyl (C=O) groups excluding carboxylic acids is 1. The Labute approximate surface area is 144 Å². The second-order valence-corrected chi connectivity index (χ2v) is 7.33. The predicted molar refractivity (Wildman–Crippen MR) is 93.2 cm³/mol. The first-order chi connectivity index (χ1) is 11.5. The van der Waals surface area contributed by atoms with E-state index in [-0.39, 0.29) is 5.91 Å². The minimum Gasteiger partial charge on any atom is -0.379 e. The van der Waals surface area contributed by atoms with Crippen molar-refractivity contribution >= 4 is 5.91 Å². The molecule has 1 aromatic heterocycles. The number of morpholine rings is 1. The molecule has 0 aromatic carbocycles. The Morgan fingerprint density at radius 1 is 1.33 bits per heavy atom. The standard InChI is InChI=1S/C18H30N4O2/c1-5-22-16(10-15(19-22)13(2)3)18(23)21-11-14(4)17(12-21)20-6-8-24-9-7-20/h10,13-14,17H,5-9,11-12H2,1-4H3/t14-,17-/m0/s1. The molecule has 6 nitrogen and oxygen atoms in total. The molecule has 24 heavy (non-hydrogen) atoms. The van der Waals surface area contributed by atoms with Crippen LogP contribution in [0, 0.1) is 5.92 Å². The molecule has 3 rings (SSSR count). The maximum absolute atomic E-state index is 13.1. The molecule has 2 aliphatic rings. The molecule has 2 aliphatic heterocycles. The fraction of sp³-hybridized carbons (Fsp3) is 0.778. The van der Waals surface area contributed by atoms with Gasteiger partial charge in [-0.25, -0.2) is 0 Å². The highest BCUT2D eigenvalue weighted by Crippen LogP contribution is 2.25. The summed E-state index contributed by atoms with van der Waals surface area (Å²) in [7, 11) is 0. The number of amides is 1. The number of likely N-dealkylation sites (tertiary alicyclic amines) is 1. The van der Waals surface area contributed by atoms with E-state index in [4.69, 9.17) is 4.74 Å². The van der Waals surface area contributed by atoms with Crippen molar-refractivity contribution in [3.8, 4) is 0 Å². The number of rotatable bonds is 4. The Bertz CT molecular complexity index is 578. The zero-order valence-electron chi connectivity index (χ0n) is 15.4. The zero-order chi connectivity index (χ0) is 17.3. The second kappa shape index (κ2) is 7.23. The van der Waals surface area contributed by atoms with Gasteiger partial charge in [0.05, 0.1) is 18.9 Å². The van der Waals surface area contributed by atoms with Crippen molar-refractivity contribution in [2.24, 2.45) is 5.92 Å². The van der Waals surface area contributed by atoms with Gasteiger partial charge in [-0.3, -0.25) is 14.4 Å². The minimum atomic E-state index is 0.124. The molecule has 0 aliphatic carbocycles. The predicted octanol–water partition coefficient (Wildman–Crippen LogP) is 1.82. The van der Waals surface area contributed by atoms with Crippen LogP contribution in [-0.2, 0) is 11.3 Å². The van der Waals surface area contributed by atoms with Crippen molar-refractivity contribution < 1.29 is 9.53 Å². The molecule has 3 heterocycles. The summed E-state index contributed by atoms with van der Waals surface area (Å²) in [6, 6.07) is 2.42. The lowest BCUT2D eigenvalue weighted by Crippen LogP contribution is -2.47. The van der Waals surface area contributed by atoms with Crippen molar-refractivity contribution in [3.63, 3.8) is 0 Å². The second-order valence-electron chi connectivity index (χ2n) is 7.33. The summed E-state index contributed by atoms with van der Waals surface area (Å²) < 4.78 is 7.31. The van der Waals surface area contributed by atoms with Crippen LogP contribution in [0.3, 0.4) is 0 Å². The molecule has 1 aromatic rings. The van der Waals surface area contributed by atoms with Gasteiger partial charge in [0.15, 0.2) is 0 Å². The van der Waals surface area contributed by atoms with Crippen molar-refractivity contribution in [3.05, 3.63) is 17.5 Å². The lowest BCUT2D eigenvalue weighted by atomic mass is 10.0. The van der Waals surface area contributed by atoms with Gasteiger partial charge >= 0.3 is 0 Å². The molecular formula is C18H30N4O2. The summed E-state index contributed by atoms with van der Waals surface area (Å²) in [4.78, 5) is 17.6. The first-order valence-corrected chi connectivity index (χ1v) is 9.20. The smallest absolute Gasteiger partial charge is 0.272 e. The summed E-state index contributed by atoms with van der Waals surface area (Å²) in [5.74, 6) is 0.955. The van der Waals surface area contributed by atoms with Gasteiger partial charge in [-0.1, -0.05) is 20.8 Å². The molecule has 2 fully saturated rings. The molecule has 0 unspecified atom stereocenters. The van der Waals surface area contributed by atoms with E-state index in [9.17, 15) is 4.79 Å². The summed E-state index contributed by atoms with van der Waals surface area (Å²) in [5, 5.41) is 4.59. The third-order valence-electron chi connectivity index (χ3n) is 5.28. The maximum atomic E-state index is 13.1. The van der Waals surface area contributed by atoms with Gasteiger partial charge in [-0.05, 0) is 24.8 Å². The Kier molecular flexibility index (Phi) is 5.25. The van der Waals surface area contributed by atoms with Crippen LogP contribution in [0.5, 0.6) is 0 Å². The molecule has 0 saturated carbocycles. The highest BCUT2D eigenvalue weighted by molar-refractivity contribution is 5.93. The first-order valence-electron chi connectivity index (χ1n) is 9.20. The van der Waals surface area contributed by atoms with E-state index >= 15 is 0 Å². The van der Waals surface area contributed by atoms with Gasteiger partial charge < -0.3 is 9.64 Å². The van der Waals surface area contributed by atoms with E-state index in [0.717, 1.165) is 57.3 Å². The monoisotopic (exact) mass is 334 g/mol. The number of nitrogens with zero attached hydrogens (tertiary/aromatic N) is 4. The third kappa shape index (κ3) is 3.35. The number of aromatic nitrogens is 2. The van der Waals surface area contributed by atoms with Crippen LogP contribution < -0.4 is 0 Å². The van der Waals surface area contributed by atoms with Gasteiger partial charge in [-0.15, -0.1) is 0 Å². The van der Waals surface area contributed by atoms with Gasteiger partial charge in [-0.2, -0.15) is 5.10 Å². The van der Waals surface area contributed by atoms with Crippen LogP contribution in [0.1, 0.15) is 49.8 Å². The normalized spacial score (nSPS) is 25.6. The molecule has 0 radical (unpaired) electrons. The molecule has 6 heteroatoms. The van der Waals surface area contributed by atoms with E-state index in [1.54, 1.807) is 0 Å². The zero-order valence-corrected chi connectivity index (χ0v) is 15.4. The maximum Gasteiger partial charge on any atom is 0.272 e. The average molecular weight is 334 g/mol. The number of ether oxygens (including phenoxy) is 1. The van der Waals surface area contributed by atoms with Crippen molar-refractivity contribution in [2.75, 3.05) is 39.4 Å². The van der Waals surface area contributed by atoms with Crippen molar-refractivity contribution in [1.29, 1.82) is 0 Å². The van der Waals surface area contributed by atoms with Gasteiger partial charge in [0, 0.05) is 38.8 Å². The average Bonchev–Trinajstić information content (AvgIpc) is 3.18. The number of aryl methyl sites for hydroxylation is 1. The molecular weight excluding hydrogens is 304 g/mol. The van der Waals surface area contributed by atoms with E-state index < -0.39 is 0 Å². The van der Waals surface area contributed by atoms with E-state index in [1.807, 2.05) is 22.6 Å². The van der Waals surface area contributed by atoms with E-state index in [1.165, 1.54) is 0 Å². The lowest BCUT2D eigenvalue weighted by molar-refractivity contribution is 0.0119. The van der Waals surface area contributed by atoms with Gasteiger partial charge in [0.25, 0.3) is 5.91 Å². The van der Waals surface area contributed by atoms with Crippen LogP contribution >= 0.6 is 0 Å². The third-order valence-corrected chi connectivity index (χ3v) is 5.28. The van der Waals surface area contributed by atoms with Gasteiger partial charge in [0.2, 0.25) is 0 Å². The largest absolute Gasteiger partial charge is 0.379 e. The molecule has 0 bridgehead atoms. The number of hydrogen-bond donors (Lipinski definition) is 0. The highest BCUT2D eigenvalue weighted by atomic mass is 16.5. The van der Waals surface area contributed by atoms with Crippen LogP contribution in [0.2, 0.25) is 0 Å². The lowest BCUT2D eigenvalue weighted by Gasteiger charge is -2.33. The molecule has 0 N–H and O–H groups in total. The van der Waals surface area contributed by atoms with E-state index in [0.29, 0.717) is 17.9 Å². The molecule has 134 valence electrons. The highest BCUT2D eigenvalue weighted by Gasteiger charge is 2.37. The first kappa shape index (κ1) is 17.4. The molecule has 2 saturated heterocycles. The van der Waals surface area contributed by atoms with Crippen LogP contribution in [0.15, 0.2) is 6.07 Å². The SMILES string of the molecule is CCn1nc(C(C)C)cc1C(=O)N1C[C@H](C)[C@@H](N2CCOCC2)C1. The summed E-state index contributed by atoms with van der Waals surface area (Å²) in [6.45, 7) is 14.4. The van der Waals surface area contributed by atoms with Crippen molar-refractivity contribution in [1.82, 2.24) is 19.6 Å². The number of carbonyl (C=O) groups is 1. The van der Waals surface area contributed by atoms with Crippen LogP contribution in [-0.4, -0.2) is 70.9 Å². The summed E-state index contributed by atoms with van der Waals surface area (Å²) >= 11 is 0. The Balaban J connectivity index is 1.74. The van der Waals surface area contributed by atoms with Gasteiger partial charge in [0.1, 0.15) is 5.69 Å². The molecule has 2 atom stereocenters. The summed E-state index contributed by atoms with van der Waals surface area (Å²) in [6.07, 6.45) is 0. The Morgan fingerprint density at radius 2 is 2.04 bits per heavy atom. The quantitative estimate of drug-likeness (QED) is 0.843. The van der Waals surface area contributed by atoms with Crippen LogP contribution in [0.4, 0.5) is 0 Å². The fourth-order valence-corrected chi connectivity index (χ4v) is 3.79. The van der Waals surface area contributed by atoms with Crippen molar-refractivity contribution in [2.45, 2.75) is 46.2 Å². The molecule has 1 amide bonds. The fourth-order valence-electron chi connectivity index (χ4n) is 3.79. The Morgan fingerprint density at radius 3 is 2.67 bits per heavy atom. The topological polar surface area (TPSA) is 50.6 Å². The number of hydrogen-bond acceptors (Lipinski definition) is 4. The van der Waals surface area contributed by atoms with Crippen LogP contribution in [0.25, 0.3) is 0 Å². The Hall–Kier alpha value is -1.40. The molecule has 0 spiro atoms. The minimum absolute atomic E-state index is 0.124. The van der Waals surface area contributed by atoms with E-state index in [2.05, 4.69) is 30.8 Å².